The Morgan fingerprint density at radius 3 is 2.50 bits per heavy atom. The number of carbonyl (C=O) groups excluding carboxylic acids is 1. The van der Waals surface area contributed by atoms with Crippen molar-refractivity contribution in [3.8, 4) is 0 Å². The van der Waals surface area contributed by atoms with E-state index in [2.05, 4.69) is 4.74 Å². The molecule has 0 aliphatic heterocycles. The highest BCUT2D eigenvalue weighted by atomic mass is 16.5. The van der Waals surface area contributed by atoms with Crippen LogP contribution in [0.15, 0.2) is 0 Å². The second-order valence-corrected chi connectivity index (χ2v) is 3.42. The highest BCUT2D eigenvalue weighted by Gasteiger charge is 2.10. The van der Waals surface area contributed by atoms with Crippen molar-refractivity contribution in [3.05, 3.63) is 0 Å². The van der Waals surface area contributed by atoms with Crippen molar-refractivity contribution in [2.24, 2.45) is 0 Å². The molecule has 4 heteroatoms. The number of ether oxygens (including phenoxy) is 1. The molecule has 0 radical (unpaired) electrons. The number of hydrogen-bond acceptors (Lipinski definition) is 4. The molecule has 0 saturated heterocycles. The van der Waals surface area contributed by atoms with Gasteiger partial charge in [0.05, 0.1) is 19.3 Å². The fraction of sp³-hybridized carbons (Fsp3) is 0.900. The largest absolute Gasteiger partial charge is 0.469 e. The van der Waals surface area contributed by atoms with Crippen LogP contribution in [0.25, 0.3) is 0 Å². The molecule has 84 valence electrons. The van der Waals surface area contributed by atoms with Gasteiger partial charge in [0, 0.05) is 6.42 Å². The predicted octanol–water partition coefficient (Wildman–Crippen LogP) is 0.852. The quantitative estimate of drug-likeness (QED) is 0.603. The molecule has 0 aromatic carbocycles. The Hall–Kier alpha value is -0.610. The Morgan fingerprint density at radius 2 is 2.00 bits per heavy atom. The lowest BCUT2D eigenvalue weighted by molar-refractivity contribution is -0.140. The first-order valence-corrected chi connectivity index (χ1v) is 5.03. The van der Waals surface area contributed by atoms with Gasteiger partial charge in [-0.05, 0) is 25.7 Å². The summed E-state index contributed by atoms with van der Waals surface area (Å²) in [5.41, 5.74) is 0. The molecule has 14 heavy (non-hydrogen) atoms. The number of esters is 1. The lowest BCUT2D eigenvalue weighted by Gasteiger charge is -2.13. The van der Waals surface area contributed by atoms with Crippen LogP contribution in [0, 0.1) is 0 Å². The van der Waals surface area contributed by atoms with Crippen LogP contribution in [0.2, 0.25) is 0 Å². The second-order valence-electron chi connectivity index (χ2n) is 3.42. The molecule has 0 aliphatic carbocycles. The van der Waals surface area contributed by atoms with Crippen LogP contribution in [0.1, 0.15) is 39.0 Å². The van der Waals surface area contributed by atoms with E-state index in [1.54, 1.807) is 0 Å². The Balaban J connectivity index is 3.44. The SMILES string of the molecule is CCC(O)CC(O)CCCC(=O)OC. The maximum Gasteiger partial charge on any atom is 0.305 e. The number of aliphatic hydroxyl groups is 2. The van der Waals surface area contributed by atoms with Gasteiger partial charge in [0.2, 0.25) is 0 Å². The van der Waals surface area contributed by atoms with E-state index in [4.69, 9.17) is 0 Å². The zero-order valence-corrected chi connectivity index (χ0v) is 8.90. The summed E-state index contributed by atoms with van der Waals surface area (Å²) in [5, 5.41) is 18.7. The summed E-state index contributed by atoms with van der Waals surface area (Å²) in [6, 6.07) is 0. The lowest BCUT2D eigenvalue weighted by Crippen LogP contribution is -2.17. The molecule has 0 spiro atoms. The van der Waals surface area contributed by atoms with Crippen molar-refractivity contribution >= 4 is 5.97 Å². The van der Waals surface area contributed by atoms with E-state index < -0.39 is 12.2 Å². The van der Waals surface area contributed by atoms with Gasteiger partial charge in [-0.25, -0.2) is 0 Å². The Morgan fingerprint density at radius 1 is 1.36 bits per heavy atom. The first kappa shape index (κ1) is 13.4. The molecule has 0 aromatic heterocycles. The van der Waals surface area contributed by atoms with Crippen LogP contribution in [0.4, 0.5) is 0 Å². The van der Waals surface area contributed by atoms with Gasteiger partial charge in [-0.2, -0.15) is 0 Å². The van der Waals surface area contributed by atoms with Gasteiger partial charge in [0.1, 0.15) is 0 Å². The Labute approximate surface area is 84.9 Å². The topological polar surface area (TPSA) is 66.8 Å². The normalized spacial score (nSPS) is 14.9. The molecule has 2 N–H and O–H groups in total. The summed E-state index contributed by atoms with van der Waals surface area (Å²) in [6.07, 6.45) is 1.54. The zero-order valence-electron chi connectivity index (χ0n) is 8.90. The van der Waals surface area contributed by atoms with Gasteiger partial charge in [0.15, 0.2) is 0 Å². The van der Waals surface area contributed by atoms with E-state index in [9.17, 15) is 15.0 Å². The van der Waals surface area contributed by atoms with E-state index in [1.165, 1.54) is 7.11 Å². The molecule has 0 saturated carbocycles. The zero-order chi connectivity index (χ0) is 11.0. The van der Waals surface area contributed by atoms with Gasteiger partial charge in [-0.15, -0.1) is 0 Å². The van der Waals surface area contributed by atoms with Gasteiger partial charge < -0.3 is 14.9 Å². The first-order chi connectivity index (χ1) is 6.60. The van der Waals surface area contributed by atoms with Crippen molar-refractivity contribution in [1.82, 2.24) is 0 Å². The molecule has 0 fully saturated rings. The lowest BCUT2D eigenvalue weighted by atomic mass is 10.0. The first-order valence-electron chi connectivity index (χ1n) is 5.03. The average Bonchev–Trinajstić information content (AvgIpc) is 2.17. The van der Waals surface area contributed by atoms with Crippen LogP contribution in [0.5, 0.6) is 0 Å². The van der Waals surface area contributed by atoms with Crippen molar-refractivity contribution in [1.29, 1.82) is 0 Å². The van der Waals surface area contributed by atoms with Gasteiger partial charge in [0.25, 0.3) is 0 Å². The van der Waals surface area contributed by atoms with Crippen LogP contribution < -0.4 is 0 Å². The Kier molecular flexibility index (Phi) is 7.42. The molecule has 2 atom stereocenters. The van der Waals surface area contributed by atoms with Crippen LogP contribution in [-0.4, -0.2) is 35.5 Å². The maximum atomic E-state index is 10.7. The maximum absolute atomic E-state index is 10.7. The molecule has 4 nitrogen and oxygen atoms in total. The third-order valence-electron chi connectivity index (χ3n) is 2.16. The molecule has 0 rings (SSSR count). The number of carbonyl (C=O) groups is 1. The molecule has 0 heterocycles. The summed E-state index contributed by atoms with van der Waals surface area (Å²) in [5.74, 6) is -0.256. The number of methoxy groups -OCH3 is 1. The minimum atomic E-state index is -0.519. The average molecular weight is 204 g/mol. The van der Waals surface area contributed by atoms with E-state index in [0.29, 0.717) is 32.1 Å². The molecule has 0 amide bonds. The van der Waals surface area contributed by atoms with Gasteiger partial charge >= 0.3 is 5.97 Å². The van der Waals surface area contributed by atoms with Crippen molar-refractivity contribution in [2.75, 3.05) is 7.11 Å². The third-order valence-corrected chi connectivity index (χ3v) is 2.16. The van der Waals surface area contributed by atoms with Crippen molar-refractivity contribution in [3.63, 3.8) is 0 Å². The molecular formula is C10H20O4. The van der Waals surface area contributed by atoms with Gasteiger partial charge in [-0.1, -0.05) is 6.92 Å². The summed E-state index contributed by atoms with van der Waals surface area (Å²) >= 11 is 0. The summed E-state index contributed by atoms with van der Waals surface area (Å²) in [7, 11) is 1.35. The fourth-order valence-electron chi connectivity index (χ4n) is 1.18. The van der Waals surface area contributed by atoms with Crippen LogP contribution in [0.3, 0.4) is 0 Å². The highest BCUT2D eigenvalue weighted by molar-refractivity contribution is 5.68. The van der Waals surface area contributed by atoms with E-state index in [0.717, 1.165) is 0 Å². The highest BCUT2D eigenvalue weighted by Crippen LogP contribution is 2.09. The van der Waals surface area contributed by atoms with E-state index in [1.807, 2.05) is 6.92 Å². The molecule has 2 unspecified atom stereocenters. The minimum Gasteiger partial charge on any atom is -0.469 e. The molecular weight excluding hydrogens is 184 g/mol. The summed E-state index contributed by atoms with van der Waals surface area (Å²) in [4.78, 5) is 10.7. The summed E-state index contributed by atoms with van der Waals surface area (Å²) < 4.78 is 4.46. The summed E-state index contributed by atoms with van der Waals surface area (Å²) in [6.45, 7) is 1.87. The van der Waals surface area contributed by atoms with E-state index in [-0.39, 0.29) is 5.97 Å². The molecule has 0 aliphatic rings. The number of aliphatic hydroxyl groups excluding tert-OH is 2. The third kappa shape index (κ3) is 6.86. The van der Waals surface area contributed by atoms with Crippen molar-refractivity contribution in [2.45, 2.75) is 51.2 Å². The molecule has 0 bridgehead atoms. The monoisotopic (exact) mass is 204 g/mol. The number of rotatable bonds is 7. The minimum absolute atomic E-state index is 0.256. The van der Waals surface area contributed by atoms with Crippen LogP contribution in [-0.2, 0) is 9.53 Å². The predicted molar refractivity (Wildman–Crippen MR) is 52.8 cm³/mol. The molecule has 0 aromatic rings. The second kappa shape index (κ2) is 7.76. The smallest absolute Gasteiger partial charge is 0.305 e. The van der Waals surface area contributed by atoms with Crippen molar-refractivity contribution < 1.29 is 19.7 Å². The van der Waals surface area contributed by atoms with E-state index >= 15 is 0 Å². The standard InChI is InChI=1S/C10H20O4/c1-3-8(11)7-9(12)5-4-6-10(13)14-2/h8-9,11-12H,3-7H2,1-2H3. The Bertz CT molecular complexity index is 158. The van der Waals surface area contributed by atoms with Crippen LogP contribution >= 0.6 is 0 Å². The van der Waals surface area contributed by atoms with Gasteiger partial charge in [-0.3, -0.25) is 4.79 Å². The fourth-order valence-corrected chi connectivity index (χ4v) is 1.18. The number of hydrogen-bond donors (Lipinski definition) is 2.